The Bertz CT molecular complexity index is 1460. The molecule has 0 radical (unpaired) electrons. The molecule has 0 unspecified atom stereocenters. The Hall–Kier alpha value is -3.82. The van der Waals surface area contributed by atoms with E-state index in [4.69, 9.17) is 0 Å². The van der Waals surface area contributed by atoms with E-state index in [9.17, 15) is 28.0 Å². The number of carboxylic acids is 1. The van der Waals surface area contributed by atoms with Gasteiger partial charge in [0, 0.05) is 16.2 Å². The number of carboxylic acid groups (broad SMARTS) is 1. The molecular weight excluding hydrogens is 408 g/mol. The highest BCUT2D eigenvalue weighted by atomic mass is 32.2. The summed E-state index contributed by atoms with van der Waals surface area (Å²) in [5, 5.41) is 29.8. The van der Waals surface area contributed by atoms with Gasteiger partial charge >= 0.3 is 5.97 Å². The van der Waals surface area contributed by atoms with Gasteiger partial charge in [0.05, 0.1) is 5.69 Å². The summed E-state index contributed by atoms with van der Waals surface area (Å²) in [5.74, 6) is -1.83. The fourth-order valence-electron chi connectivity index (χ4n) is 3.26. The van der Waals surface area contributed by atoms with E-state index >= 15 is 0 Å². The van der Waals surface area contributed by atoms with Gasteiger partial charge in [-0.15, -0.1) is 10.2 Å². The number of nitrogens with zero attached hydrogens (tertiary/aromatic N) is 2. The molecule has 4 aromatic carbocycles. The van der Waals surface area contributed by atoms with E-state index in [2.05, 4.69) is 10.2 Å². The zero-order valence-electron chi connectivity index (χ0n) is 15.2. The number of azo groups is 1. The van der Waals surface area contributed by atoms with Crippen molar-refractivity contribution >= 4 is 49.0 Å². The molecule has 0 aromatic heterocycles. The van der Waals surface area contributed by atoms with Gasteiger partial charge in [-0.25, -0.2) is 4.79 Å². The predicted molar refractivity (Wildman–Crippen MR) is 111 cm³/mol. The fourth-order valence-corrected chi connectivity index (χ4v) is 3.97. The lowest BCUT2D eigenvalue weighted by Gasteiger charge is -2.08. The molecule has 0 saturated carbocycles. The van der Waals surface area contributed by atoms with Crippen LogP contribution in [-0.2, 0) is 10.1 Å². The maximum absolute atomic E-state index is 11.6. The monoisotopic (exact) mass is 422 g/mol. The molecule has 8 nitrogen and oxygen atoms in total. The summed E-state index contributed by atoms with van der Waals surface area (Å²) >= 11 is 0. The van der Waals surface area contributed by atoms with E-state index in [0.29, 0.717) is 16.2 Å². The quantitative estimate of drug-likeness (QED) is 0.311. The fraction of sp³-hybridized carbons (Fsp3) is 0. The highest BCUT2D eigenvalue weighted by Crippen LogP contribution is 2.40. The maximum Gasteiger partial charge on any atom is 0.339 e. The summed E-state index contributed by atoms with van der Waals surface area (Å²) in [6.45, 7) is 0. The summed E-state index contributed by atoms with van der Waals surface area (Å²) in [6.07, 6.45) is 0. The number of benzene rings is 4. The summed E-state index contributed by atoms with van der Waals surface area (Å²) in [5.41, 5.74) is -0.0510. The van der Waals surface area contributed by atoms with Crippen LogP contribution in [0.15, 0.2) is 81.9 Å². The highest BCUT2D eigenvalue weighted by molar-refractivity contribution is 7.86. The second-order valence-corrected chi connectivity index (χ2v) is 7.84. The van der Waals surface area contributed by atoms with Crippen LogP contribution in [0.5, 0.6) is 5.75 Å². The van der Waals surface area contributed by atoms with Gasteiger partial charge in [-0.2, -0.15) is 8.42 Å². The van der Waals surface area contributed by atoms with Crippen LogP contribution in [0, 0.1) is 0 Å². The minimum Gasteiger partial charge on any atom is -0.505 e. The third kappa shape index (κ3) is 3.36. The molecule has 0 saturated heterocycles. The van der Waals surface area contributed by atoms with Crippen molar-refractivity contribution in [2.24, 2.45) is 10.2 Å². The average molecular weight is 422 g/mol. The summed E-state index contributed by atoms with van der Waals surface area (Å²) in [6, 6.07) is 17.2. The summed E-state index contributed by atoms with van der Waals surface area (Å²) in [4.78, 5) is 11.2. The van der Waals surface area contributed by atoms with Crippen LogP contribution in [0.2, 0.25) is 0 Å². The normalized spacial score (nSPS) is 12.0. The molecule has 150 valence electrons. The first-order chi connectivity index (χ1) is 14.3. The first kappa shape index (κ1) is 19.5. The molecule has 0 heterocycles. The van der Waals surface area contributed by atoms with Gasteiger partial charge in [-0.1, -0.05) is 48.5 Å². The lowest BCUT2D eigenvalue weighted by molar-refractivity contribution is 0.0694. The van der Waals surface area contributed by atoms with E-state index in [1.165, 1.54) is 24.3 Å². The molecule has 30 heavy (non-hydrogen) atoms. The van der Waals surface area contributed by atoms with E-state index < -0.39 is 21.8 Å². The van der Waals surface area contributed by atoms with Crippen molar-refractivity contribution in [3.63, 3.8) is 0 Å². The van der Waals surface area contributed by atoms with Crippen LogP contribution in [0.4, 0.5) is 11.4 Å². The Morgan fingerprint density at radius 1 is 0.833 bits per heavy atom. The van der Waals surface area contributed by atoms with Crippen LogP contribution in [-0.4, -0.2) is 29.2 Å². The van der Waals surface area contributed by atoms with Gasteiger partial charge in [0.25, 0.3) is 10.1 Å². The number of hydrogen-bond donors (Lipinski definition) is 3. The van der Waals surface area contributed by atoms with Crippen LogP contribution in [0.25, 0.3) is 21.5 Å². The van der Waals surface area contributed by atoms with Crippen LogP contribution in [0.1, 0.15) is 10.4 Å². The first-order valence-electron chi connectivity index (χ1n) is 8.66. The van der Waals surface area contributed by atoms with Crippen LogP contribution in [0.3, 0.4) is 0 Å². The number of rotatable bonds is 4. The van der Waals surface area contributed by atoms with Gasteiger partial charge in [0.1, 0.15) is 16.1 Å². The van der Waals surface area contributed by atoms with Gasteiger partial charge in [0.15, 0.2) is 5.75 Å². The molecule has 4 aromatic rings. The molecule has 0 bridgehead atoms. The van der Waals surface area contributed by atoms with Gasteiger partial charge in [-0.05, 0) is 23.6 Å². The maximum atomic E-state index is 11.6. The Morgan fingerprint density at radius 3 is 2.23 bits per heavy atom. The minimum absolute atomic E-state index is 0.0200. The Kier molecular flexibility index (Phi) is 4.69. The molecule has 0 fully saturated rings. The van der Waals surface area contributed by atoms with Gasteiger partial charge < -0.3 is 10.2 Å². The first-order valence-corrected chi connectivity index (χ1v) is 10.1. The molecule has 3 N–H and O–H groups in total. The Morgan fingerprint density at radius 2 is 1.50 bits per heavy atom. The SMILES string of the molecule is O=C(O)c1cc2ccccc2c(N=Nc2cccc3c(S(=O)(=O)O)cccc23)c1O. The molecule has 0 atom stereocenters. The molecule has 9 heteroatoms. The second-order valence-electron chi connectivity index (χ2n) is 6.45. The number of hydrogen-bond acceptors (Lipinski definition) is 6. The largest absolute Gasteiger partial charge is 0.505 e. The Balaban J connectivity index is 1.94. The molecular formula is C21H14N2O6S. The van der Waals surface area contributed by atoms with Crippen molar-refractivity contribution in [3.8, 4) is 5.75 Å². The number of phenols is 1. The lowest BCUT2D eigenvalue weighted by atomic mass is 10.0. The molecule has 0 aliphatic heterocycles. The standard InChI is InChI=1S/C21H14N2O6S/c24-20-16(21(25)26)11-12-5-1-2-6-13(12)19(20)23-22-17-9-3-8-15-14(17)7-4-10-18(15)30(27,28)29/h1-11,24H,(H,25,26)(H,27,28,29). The topological polar surface area (TPSA) is 137 Å². The predicted octanol–water partition coefficient (Wildman–Crippen LogP) is 5.06. The van der Waals surface area contributed by atoms with Crippen molar-refractivity contribution in [1.29, 1.82) is 0 Å². The zero-order chi connectivity index (χ0) is 21.5. The highest BCUT2D eigenvalue weighted by Gasteiger charge is 2.18. The van der Waals surface area contributed by atoms with Gasteiger partial charge in [-0.3, -0.25) is 4.55 Å². The van der Waals surface area contributed by atoms with E-state index in [1.807, 2.05) is 0 Å². The third-order valence-electron chi connectivity index (χ3n) is 4.62. The smallest absolute Gasteiger partial charge is 0.339 e. The number of aromatic carboxylic acids is 1. The van der Waals surface area contributed by atoms with Crippen molar-refractivity contribution in [1.82, 2.24) is 0 Å². The van der Waals surface area contributed by atoms with Crippen molar-refractivity contribution < 1.29 is 28.0 Å². The summed E-state index contributed by atoms with van der Waals surface area (Å²) < 4.78 is 32.7. The average Bonchev–Trinajstić information content (AvgIpc) is 2.71. The van der Waals surface area contributed by atoms with Crippen molar-refractivity contribution in [2.75, 3.05) is 0 Å². The zero-order valence-corrected chi connectivity index (χ0v) is 16.0. The number of carbonyl (C=O) groups is 1. The van der Waals surface area contributed by atoms with E-state index in [1.54, 1.807) is 42.5 Å². The molecule has 0 aliphatic carbocycles. The van der Waals surface area contributed by atoms with Crippen molar-refractivity contribution in [3.05, 3.63) is 72.3 Å². The second kappa shape index (κ2) is 7.21. The molecule has 0 spiro atoms. The third-order valence-corrected chi connectivity index (χ3v) is 5.53. The number of fused-ring (bicyclic) bond motifs is 2. The number of aromatic hydroxyl groups is 1. The van der Waals surface area contributed by atoms with Crippen LogP contribution < -0.4 is 0 Å². The van der Waals surface area contributed by atoms with Crippen molar-refractivity contribution in [2.45, 2.75) is 4.90 Å². The molecule has 0 aliphatic rings. The lowest BCUT2D eigenvalue weighted by Crippen LogP contribution is -1.98. The van der Waals surface area contributed by atoms with Gasteiger partial charge in [0.2, 0.25) is 0 Å². The molecule has 4 rings (SSSR count). The summed E-state index contributed by atoms with van der Waals surface area (Å²) in [7, 11) is -4.44. The van der Waals surface area contributed by atoms with E-state index in [0.717, 1.165) is 0 Å². The van der Waals surface area contributed by atoms with E-state index in [-0.39, 0.29) is 27.2 Å². The van der Waals surface area contributed by atoms with Crippen LogP contribution >= 0.6 is 0 Å². The molecule has 0 amide bonds. The minimum atomic E-state index is -4.44. The Labute approximate surface area is 170 Å².